The minimum Gasteiger partial charge on any atom is -0.393 e. The molecule has 2 heterocycles. The predicted molar refractivity (Wildman–Crippen MR) is 106 cm³/mol. The number of hydrogen-bond donors (Lipinski definition) is 1. The van der Waals surface area contributed by atoms with E-state index in [2.05, 4.69) is 0 Å². The molecule has 2 aromatic rings. The summed E-state index contributed by atoms with van der Waals surface area (Å²) in [5, 5.41) is 10.3. The Morgan fingerprint density at radius 2 is 1.48 bits per heavy atom. The van der Waals surface area contributed by atoms with Crippen molar-refractivity contribution < 1.29 is 28.8 Å². The van der Waals surface area contributed by atoms with Gasteiger partial charge in [-0.2, -0.15) is 0 Å². The van der Waals surface area contributed by atoms with Gasteiger partial charge >= 0.3 is 0 Å². The van der Waals surface area contributed by atoms with E-state index in [1.54, 1.807) is 0 Å². The first-order chi connectivity index (χ1) is 14.0. The smallest absolute Gasteiger partial charge is 0.190 e. The van der Waals surface area contributed by atoms with Crippen molar-refractivity contribution in [2.24, 2.45) is 0 Å². The van der Waals surface area contributed by atoms with Gasteiger partial charge in [0, 0.05) is 0 Å². The zero-order valence-electron chi connectivity index (χ0n) is 16.8. The van der Waals surface area contributed by atoms with Crippen molar-refractivity contribution in [1.82, 2.24) is 0 Å². The van der Waals surface area contributed by atoms with Crippen LogP contribution in [0.15, 0.2) is 60.7 Å². The largest absolute Gasteiger partial charge is 0.393 e. The van der Waals surface area contributed by atoms with E-state index in [1.165, 1.54) is 0 Å². The van der Waals surface area contributed by atoms with Gasteiger partial charge in [0.15, 0.2) is 12.1 Å². The van der Waals surface area contributed by atoms with E-state index in [-0.39, 0.29) is 13.2 Å². The van der Waals surface area contributed by atoms with Gasteiger partial charge in [-0.15, -0.1) is 0 Å². The summed E-state index contributed by atoms with van der Waals surface area (Å²) in [6.45, 7) is 4.38. The normalized spacial score (nSPS) is 30.4. The molecule has 1 N–H and O–H groups in total. The molecule has 0 amide bonds. The third-order valence-corrected chi connectivity index (χ3v) is 5.25. The molecule has 2 aliphatic heterocycles. The minimum atomic E-state index is -1.06. The first kappa shape index (κ1) is 20.5. The summed E-state index contributed by atoms with van der Waals surface area (Å²) in [6, 6.07) is 19.8. The number of fused-ring (bicyclic) bond motifs is 1. The molecule has 0 radical (unpaired) electrons. The molecule has 0 spiro atoms. The molecule has 2 saturated heterocycles. The minimum absolute atomic E-state index is 0.165. The standard InChI is InChI=1S/C23H28O6/c1-22(2)27-19-20(26-14-18-11-7-4-8-12-18)23(15-24,29-21(19)28-22)16-25-13-17-9-5-3-6-10-17/h3-12,19-21,24H,13-16H2,1-2H3/t19?,20?,21-,23-/m1/s1. The molecule has 0 aliphatic carbocycles. The second-order valence-corrected chi connectivity index (χ2v) is 8.00. The lowest BCUT2D eigenvalue weighted by atomic mass is 9.96. The van der Waals surface area contributed by atoms with E-state index >= 15 is 0 Å². The van der Waals surface area contributed by atoms with Crippen LogP contribution in [0.1, 0.15) is 25.0 Å². The first-order valence-corrected chi connectivity index (χ1v) is 9.93. The number of aliphatic hydroxyl groups is 1. The lowest BCUT2D eigenvalue weighted by Crippen LogP contribution is -2.52. The van der Waals surface area contributed by atoms with E-state index in [1.807, 2.05) is 74.5 Å². The van der Waals surface area contributed by atoms with Crippen LogP contribution < -0.4 is 0 Å². The molecule has 2 fully saturated rings. The molecule has 4 rings (SSSR count). The summed E-state index contributed by atoms with van der Waals surface area (Å²) >= 11 is 0. The number of rotatable bonds is 8. The van der Waals surface area contributed by atoms with E-state index < -0.39 is 29.9 Å². The van der Waals surface area contributed by atoms with Gasteiger partial charge in [-0.1, -0.05) is 60.7 Å². The Hall–Kier alpha value is -1.80. The zero-order valence-corrected chi connectivity index (χ0v) is 16.8. The maximum absolute atomic E-state index is 10.3. The van der Waals surface area contributed by atoms with E-state index in [9.17, 15) is 5.11 Å². The van der Waals surface area contributed by atoms with Crippen molar-refractivity contribution in [3.05, 3.63) is 71.8 Å². The van der Waals surface area contributed by atoms with Gasteiger partial charge < -0.3 is 28.8 Å². The molecular formula is C23H28O6. The molecule has 2 aliphatic rings. The maximum Gasteiger partial charge on any atom is 0.190 e. The molecule has 6 heteroatoms. The van der Waals surface area contributed by atoms with Crippen LogP contribution in [0.5, 0.6) is 0 Å². The van der Waals surface area contributed by atoms with Crippen LogP contribution in [0.2, 0.25) is 0 Å². The fourth-order valence-corrected chi connectivity index (χ4v) is 3.86. The third kappa shape index (κ3) is 4.53. The van der Waals surface area contributed by atoms with Gasteiger partial charge in [0.2, 0.25) is 0 Å². The summed E-state index contributed by atoms with van der Waals surface area (Å²) < 4.78 is 30.2. The number of hydrogen-bond acceptors (Lipinski definition) is 6. The Morgan fingerprint density at radius 1 is 0.862 bits per heavy atom. The summed E-state index contributed by atoms with van der Waals surface area (Å²) in [6.07, 6.45) is -1.59. The van der Waals surface area contributed by atoms with Gasteiger partial charge in [-0.05, 0) is 25.0 Å². The van der Waals surface area contributed by atoms with Crippen LogP contribution in [0.3, 0.4) is 0 Å². The van der Waals surface area contributed by atoms with Crippen molar-refractivity contribution in [3.8, 4) is 0 Å². The fourth-order valence-electron chi connectivity index (χ4n) is 3.86. The molecule has 2 unspecified atom stereocenters. The Balaban J connectivity index is 1.48. The second kappa shape index (κ2) is 8.52. The van der Waals surface area contributed by atoms with Gasteiger partial charge in [0.25, 0.3) is 0 Å². The topological polar surface area (TPSA) is 66.4 Å². The Labute approximate surface area is 171 Å². The quantitative estimate of drug-likeness (QED) is 0.735. The molecule has 0 bridgehead atoms. The van der Waals surface area contributed by atoms with Crippen LogP contribution in [0, 0.1) is 0 Å². The van der Waals surface area contributed by atoms with Crippen LogP contribution in [0.4, 0.5) is 0 Å². The van der Waals surface area contributed by atoms with Gasteiger partial charge in [0.1, 0.15) is 17.8 Å². The molecule has 29 heavy (non-hydrogen) atoms. The van der Waals surface area contributed by atoms with Crippen LogP contribution in [0.25, 0.3) is 0 Å². The summed E-state index contributed by atoms with van der Waals surface area (Å²) in [5.41, 5.74) is 1.02. The highest BCUT2D eigenvalue weighted by molar-refractivity contribution is 5.15. The zero-order chi connectivity index (χ0) is 20.3. The average Bonchev–Trinajstić information content (AvgIpc) is 3.17. The van der Waals surface area contributed by atoms with Crippen molar-refractivity contribution in [2.45, 2.75) is 56.9 Å². The van der Waals surface area contributed by atoms with E-state index in [0.717, 1.165) is 11.1 Å². The molecule has 156 valence electrons. The summed E-state index contributed by atoms with van der Waals surface area (Å²) in [4.78, 5) is 0. The molecule has 6 nitrogen and oxygen atoms in total. The summed E-state index contributed by atoms with van der Waals surface area (Å²) in [7, 11) is 0. The first-order valence-electron chi connectivity index (χ1n) is 9.93. The van der Waals surface area contributed by atoms with Crippen LogP contribution >= 0.6 is 0 Å². The van der Waals surface area contributed by atoms with E-state index in [4.69, 9.17) is 23.7 Å². The van der Waals surface area contributed by atoms with Crippen LogP contribution in [-0.4, -0.2) is 48.2 Å². The maximum atomic E-state index is 10.3. The Kier molecular flexibility index (Phi) is 6.01. The molecule has 0 aromatic heterocycles. The number of ether oxygens (including phenoxy) is 5. The Morgan fingerprint density at radius 3 is 2.10 bits per heavy atom. The molecule has 0 saturated carbocycles. The third-order valence-electron chi connectivity index (χ3n) is 5.25. The van der Waals surface area contributed by atoms with E-state index in [0.29, 0.717) is 13.2 Å². The van der Waals surface area contributed by atoms with Crippen molar-refractivity contribution in [2.75, 3.05) is 13.2 Å². The average molecular weight is 400 g/mol. The van der Waals surface area contributed by atoms with Crippen LogP contribution in [-0.2, 0) is 36.9 Å². The van der Waals surface area contributed by atoms with Crippen molar-refractivity contribution in [1.29, 1.82) is 0 Å². The highest BCUT2D eigenvalue weighted by atomic mass is 16.8. The lowest BCUT2D eigenvalue weighted by molar-refractivity contribution is -0.261. The van der Waals surface area contributed by atoms with Gasteiger partial charge in [-0.25, -0.2) is 0 Å². The monoisotopic (exact) mass is 400 g/mol. The van der Waals surface area contributed by atoms with Crippen molar-refractivity contribution >= 4 is 0 Å². The SMILES string of the molecule is CC1(C)OC2C(OCc3ccccc3)[C@@](CO)(COCc3ccccc3)O[C@H]2O1. The molecule has 2 aromatic carbocycles. The highest BCUT2D eigenvalue weighted by Gasteiger charge is 2.62. The Bertz CT molecular complexity index is 780. The van der Waals surface area contributed by atoms with Gasteiger partial charge in [-0.3, -0.25) is 0 Å². The molecular weight excluding hydrogens is 372 g/mol. The van der Waals surface area contributed by atoms with Crippen molar-refractivity contribution in [3.63, 3.8) is 0 Å². The van der Waals surface area contributed by atoms with Gasteiger partial charge in [0.05, 0.1) is 26.4 Å². The summed E-state index contributed by atoms with van der Waals surface area (Å²) in [5.74, 6) is -0.768. The predicted octanol–water partition coefficient (Wildman–Crippen LogP) is 3.03. The number of benzene rings is 2. The fraction of sp³-hybridized carbons (Fsp3) is 0.478. The number of aliphatic hydroxyl groups excluding tert-OH is 1. The highest BCUT2D eigenvalue weighted by Crippen LogP contribution is 2.44. The molecule has 4 atom stereocenters. The second-order valence-electron chi connectivity index (χ2n) is 8.00. The lowest BCUT2D eigenvalue weighted by Gasteiger charge is -2.35.